The van der Waals surface area contributed by atoms with Crippen molar-refractivity contribution in [2.24, 2.45) is 0 Å². The first-order valence-electron chi connectivity index (χ1n) is 9.13. The Morgan fingerprint density at radius 2 is 1.96 bits per heavy atom. The highest BCUT2D eigenvalue weighted by Gasteiger charge is 2.15. The van der Waals surface area contributed by atoms with Gasteiger partial charge < -0.3 is 19.8 Å². The van der Waals surface area contributed by atoms with Gasteiger partial charge in [0.25, 0.3) is 0 Å². The van der Waals surface area contributed by atoms with Crippen LogP contribution in [0.2, 0.25) is 0 Å². The Morgan fingerprint density at radius 3 is 2.71 bits per heavy atom. The minimum Gasteiger partial charge on any atom is -0.493 e. The van der Waals surface area contributed by atoms with Crippen LogP contribution in [0.5, 0.6) is 11.5 Å². The van der Waals surface area contributed by atoms with Gasteiger partial charge in [-0.2, -0.15) is 0 Å². The average Bonchev–Trinajstić information content (AvgIpc) is 3.31. The number of aryl methyl sites for hydroxylation is 1. The van der Waals surface area contributed by atoms with Gasteiger partial charge in [0.15, 0.2) is 11.5 Å². The normalized spacial score (nSPS) is 11.0. The second kappa shape index (κ2) is 7.64. The molecule has 0 saturated carbocycles. The fourth-order valence-corrected chi connectivity index (χ4v) is 3.26. The number of H-pyrrole nitrogens is 1. The van der Waals surface area contributed by atoms with Gasteiger partial charge in [0.2, 0.25) is 0 Å². The number of hydrogen-bond donors (Lipinski definition) is 2. The summed E-state index contributed by atoms with van der Waals surface area (Å²) in [6, 6.07) is 12.0. The third-order valence-electron chi connectivity index (χ3n) is 4.64. The van der Waals surface area contributed by atoms with Crippen LogP contribution < -0.4 is 14.8 Å². The molecule has 0 saturated heterocycles. The van der Waals surface area contributed by atoms with E-state index in [2.05, 4.69) is 25.8 Å². The first-order valence-corrected chi connectivity index (χ1v) is 9.13. The van der Waals surface area contributed by atoms with E-state index in [1.165, 1.54) is 0 Å². The zero-order valence-corrected chi connectivity index (χ0v) is 16.2. The molecule has 0 unspecified atom stereocenters. The topological polar surface area (TPSA) is 76.5 Å². The van der Waals surface area contributed by atoms with Crippen LogP contribution >= 0.6 is 0 Å². The van der Waals surface area contributed by atoms with Crippen molar-refractivity contribution in [1.29, 1.82) is 0 Å². The van der Waals surface area contributed by atoms with Gasteiger partial charge in [-0.25, -0.2) is 9.97 Å². The minimum absolute atomic E-state index is 0.734. The quantitative estimate of drug-likeness (QED) is 0.513. The summed E-state index contributed by atoms with van der Waals surface area (Å²) in [5, 5.41) is 3.54. The molecule has 0 bridgehead atoms. The lowest BCUT2D eigenvalue weighted by Gasteiger charge is -2.11. The molecule has 1 aromatic carbocycles. The molecule has 3 aromatic heterocycles. The summed E-state index contributed by atoms with van der Waals surface area (Å²) < 4.78 is 12.8. The van der Waals surface area contributed by atoms with Crippen LogP contribution in [0.15, 0.2) is 48.8 Å². The molecule has 4 rings (SSSR count). The van der Waals surface area contributed by atoms with Crippen LogP contribution in [0.1, 0.15) is 11.4 Å². The lowest BCUT2D eigenvalue weighted by Crippen LogP contribution is -2.08. The standard InChI is InChI=1S/C21H23N5O2/c1-14-23-13-16(24-14)20-21(26-11-5-4-6-19(26)25-20)22-10-9-15-7-8-17(27-2)18(12-15)28-3/h4-8,11-13,22H,9-10H2,1-3H3,(H,23,24). The van der Waals surface area contributed by atoms with Crippen molar-refractivity contribution in [3.63, 3.8) is 0 Å². The monoisotopic (exact) mass is 377 g/mol. The lowest BCUT2D eigenvalue weighted by atomic mass is 10.1. The molecule has 0 atom stereocenters. The van der Waals surface area contributed by atoms with Crippen LogP contribution in [-0.4, -0.2) is 40.1 Å². The van der Waals surface area contributed by atoms with Gasteiger partial charge in [0.1, 0.15) is 23.0 Å². The van der Waals surface area contributed by atoms with Crippen molar-refractivity contribution in [3.05, 3.63) is 60.2 Å². The summed E-state index contributed by atoms with van der Waals surface area (Å²) in [6.07, 6.45) is 4.66. The van der Waals surface area contributed by atoms with Crippen LogP contribution in [-0.2, 0) is 6.42 Å². The molecule has 0 aliphatic carbocycles. The molecular weight excluding hydrogens is 354 g/mol. The van der Waals surface area contributed by atoms with E-state index >= 15 is 0 Å². The number of rotatable bonds is 7. The Balaban J connectivity index is 1.58. The van der Waals surface area contributed by atoms with Gasteiger partial charge in [0.05, 0.1) is 26.1 Å². The highest BCUT2D eigenvalue weighted by Crippen LogP contribution is 2.29. The molecule has 2 N–H and O–H groups in total. The predicted octanol–water partition coefficient (Wildman–Crippen LogP) is 3.70. The molecule has 0 amide bonds. The molecule has 4 aromatic rings. The Bertz CT molecular complexity index is 1100. The Hall–Kier alpha value is -3.48. The number of methoxy groups -OCH3 is 2. The third-order valence-corrected chi connectivity index (χ3v) is 4.64. The number of anilines is 1. The molecule has 0 aliphatic rings. The number of nitrogens with zero attached hydrogens (tertiary/aromatic N) is 3. The first-order chi connectivity index (χ1) is 13.7. The van der Waals surface area contributed by atoms with E-state index in [9.17, 15) is 0 Å². The van der Waals surface area contributed by atoms with E-state index < -0.39 is 0 Å². The Kier molecular flexibility index (Phi) is 4.89. The summed E-state index contributed by atoms with van der Waals surface area (Å²) in [6.45, 7) is 2.68. The Morgan fingerprint density at radius 1 is 1.11 bits per heavy atom. The van der Waals surface area contributed by atoms with Crippen LogP contribution in [0.4, 0.5) is 5.82 Å². The van der Waals surface area contributed by atoms with Crippen LogP contribution in [0.25, 0.3) is 17.0 Å². The second-order valence-corrected chi connectivity index (χ2v) is 6.49. The summed E-state index contributed by atoms with van der Waals surface area (Å²) >= 11 is 0. The summed E-state index contributed by atoms with van der Waals surface area (Å²) in [5.74, 6) is 3.28. The van der Waals surface area contributed by atoms with E-state index in [1.54, 1.807) is 14.2 Å². The summed E-state index contributed by atoms with van der Waals surface area (Å²) in [5.41, 5.74) is 3.81. The second-order valence-electron chi connectivity index (χ2n) is 6.49. The highest BCUT2D eigenvalue weighted by atomic mass is 16.5. The SMILES string of the molecule is COc1ccc(CCNc2c(-c3cnc(C)[nH]3)nc3ccccn23)cc1OC. The number of ether oxygens (including phenoxy) is 2. The molecule has 7 nitrogen and oxygen atoms in total. The molecule has 7 heteroatoms. The number of aromatic amines is 1. The molecule has 0 fully saturated rings. The zero-order valence-electron chi connectivity index (χ0n) is 16.2. The average molecular weight is 377 g/mol. The van der Waals surface area contributed by atoms with Gasteiger partial charge in [-0.1, -0.05) is 12.1 Å². The van der Waals surface area contributed by atoms with E-state index in [0.717, 1.165) is 58.7 Å². The smallest absolute Gasteiger partial charge is 0.160 e. The van der Waals surface area contributed by atoms with E-state index in [1.807, 2.05) is 49.6 Å². The molecule has 28 heavy (non-hydrogen) atoms. The third kappa shape index (κ3) is 3.38. The van der Waals surface area contributed by atoms with Gasteiger partial charge >= 0.3 is 0 Å². The zero-order chi connectivity index (χ0) is 19.5. The van der Waals surface area contributed by atoms with E-state index in [0.29, 0.717) is 0 Å². The van der Waals surface area contributed by atoms with Crippen molar-refractivity contribution >= 4 is 11.5 Å². The van der Waals surface area contributed by atoms with Gasteiger partial charge in [0, 0.05) is 12.7 Å². The fraction of sp³-hybridized carbons (Fsp3) is 0.238. The molecule has 0 radical (unpaired) electrons. The number of hydrogen-bond acceptors (Lipinski definition) is 5. The number of nitrogens with one attached hydrogen (secondary N) is 2. The lowest BCUT2D eigenvalue weighted by molar-refractivity contribution is 0.354. The van der Waals surface area contributed by atoms with Gasteiger partial charge in [-0.15, -0.1) is 0 Å². The molecule has 144 valence electrons. The maximum atomic E-state index is 5.40. The summed E-state index contributed by atoms with van der Waals surface area (Å²) in [4.78, 5) is 12.3. The largest absolute Gasteiger partial charge is 0.493 e. The van der Waals surface area contributed by atoms with E-state index in [4.69, 9.17) is 14.5 Å². The predicted molar refractivity (Wildman–Crippen MR) is 109 cm³/mol. The number of benzene rings is 1. The number of pyridine rings is 1. The number of aromatic nitrogens is 4. The fourth-order valence-electron chi connectivity index (χ4n) is 3.26. The molecule has 0 aliphatic heterocycles. The van der Waals surface area contributed by atoms with Gasteiger partial charge in [-0.3, -0.25) is 4.40 Å². The number of imidazole rings is 2. The van der Waals surface area contributed by atoms with Crippen molar-refractivity contribution < 1.29 is 9.47 Å². The molecule has 3 heterocycles. The van der Waals surface area contributed by atoms with Crippen molar-refractivity contribution in [2.75, 3.05) is 26.1 Å². The maximum absolute atomic E-state index is 5.40. The summed E-state index contributed by atoms with van der Waals surface area (Å²) in [7, 11) is 3.29. The van der Waals surface area contributed by atoms with Crippen molar-refractivity contribution in [3.8, 4) is 22.9 Å². The molecular formula is C21H23N5O2. The molecule has 0 spiro atoms. The minimum atomic E-state index is 0.734. The van der Waals surface area contributed by atoms with Gasteiger partial charge in [-0.05, 0) is 43.2 Å². The first kappa shape index (κ1) is 17.9. The van der Waals surface area contributed by atoms with E-state index in [-0.39, 0.29) is 0 Å². The van der Waals surface area contributed by atoms with Crippen molar-refractivity contribution in [1.82, 2.24) is 19.4 Å². The van der Waals surface area contributed by atoms with Crippen LogP contribution in [0.3, 0.4) is 0 Å². The Labute approximate surface area is 163 Å². The highest BCUT2D eigenvalue weighted by molar-refractivity contribution is 5.74. The maximum Gasteiger partial charge on any atom is 0.160 e. The number of fused-ring (bicyclic) bond motifs is 1. The van der Waals surface area contributed by atoms with Crippen molar-refractivity contribution in [2.45, 2.75) is 13.3 Å². The van der Waals surface area contributed by atoms with Crippen LogP contribution in [0, 0.1) is 6.92 Å².